The van der Waals surface area contributed by atoms with Crippen molar-refractivity contribution in [2.75, 3.05) is 13.1 Å². The van der Waals surface area contributed by atoms with E-state index in [0.717, 1.165) is 32.8 Å². The molecular weight excluding hydrogens is 414 g/mol. The normalized spacial score (nSPS) is 16.4. The average molecular weight is 440 g/mol. The Kier molecular flexibility index (Phi) is 7.12. The van der Waals surface area contributed by atoms with E-state index < -0.39 is 0 Å². The van der Waals surface area contributed by atoms with Crippen molar-refractivity contribution in [1.29, 1.82) is 0 Å². The molecule has 28 heavy (non-hydrogen) atoms. The predicted molar refractivity (Wildman–Crippen MR) is 116 cm³/mol. The second-order valence-electron chi connectivity index (χ2n) is 7.62. The van der Waals surface area contributed by atoms with Gasteiger partial charge in [0.2, 0.25) is 11.8 Å². The van der Waals surface area contributed by atoms with Crippen molar-refractivity contribution in [3.63, 3.8) is 0 Å². The average Bonchev–Trinajstić information content (AvgIpc) is 3.30. The number of hydrogen-bond donors (Lipinski definition) is 1. The number of nitrogens with one attached hydrogen (secondary N) is 1. The molecule has 2 amide bonds. The molecule has 1 aliphatic heterocycles. The molecule has 1 saturated heterocycles. The van der Waals surface area contributed by atoms with Gasteiger partial charge in [-0.05, 0) is 37.8 Å². The first-order valence-electron chi connectivity index (χ1n) is 9.61. The number of aromatic nitrogens is 1. The van der Waals surface area contributed by atoms with Crippen molar-refractivity contribution < 1.29 is 9.59 Å². The first kappa shape index (κ1) is 21.3. The van der Waals surface area contributed by atoms with E-state index in [1.54, 1.807) is 0 Å². The molecule has 0 saturated carbocycles. The molecule has 0 bridgehead atoms. The van der Waals surface area contributed by atoms with E-state index in [9.17, 15) is 9.59 Å². The number of carbonyl (C=O) groups is 2. The number of piperidine rings is 1. The number of amides is 2. The number of hydrogen-bond acceptors (Lipinski definition) is 5. The van der Waals surface area contributed by atoms with E-state index in [4.69, 9.17) is 11.6 Å². The third-order valence-corrected chi connectivity index (χ3v) is 7.55. The molecule has 1 N–H and O–H groups in total. The smallest absolute Gasteiger partial charge is 0.228 e. The maximum Gasteiger partial charge on any atom is 0.228 e. The number of likely N-dealkylation sites (tertiary alicyclic amines) is 1. The molecule has 2 aromatic rings. The van der Waals surface area contributed by atoms with Crippen molar-refractivity contribution in [3.05, 3.63) is 27.5 Å². The van der Waals surface area contributed by atoms with Crippen LogP contribution in [0, 0.1) is 11.8 Å². The lowest BCUT2D eigenvalue weighted by atomic mass is 9.94. The van der Waals surface area contributed by atoms with E-state index in [-0.39, 0.29) is 23.8 Å². The summed E-state index contributed by atoms with van der Waals surface area (Å²) in [6.07, 6.45) is 1.74. The molecule has 3 heterocycles. The van der Waals surface area contributed by atoms with Gasteiger partial charge in [0.1, 0.15) is 5.01 Å². The molecule has 0 aliphatic carbocycles. The highest BCUT2D eigenvalue weighted by Gasteiger charge is 2.28. The van der Waals surface area contributed by atoms with E-state index in [0.29, 0.717) is 25.4 Å². The van der Waals surface area contributed by atoms with Crippen LogP contribution in [0.3, 0.4) is 0 Å². The largest absolute Gasteiger partial charge is 0.353 e. The van der Waals surface area contributed by atoms with Gasteiger partial charge in [-0.25, -0.2) is 4.98 Å². The van der Waals surface area contributed by atoms with Gasteiger partial charge in [0.15, 0.2) is 0 Å². The molecule has 2 aromatic heterocycles. The third-order valence-electron chi connectivity index (χ3n) is 5.26. The fourth-order valence-corrected chi connectivity index (χ4v) is 5.03. The Balaban J connectivity index is 1.49. The summed E-state index contributed by atoms with van der Waals surface area (Å²) < 4.78 is 0.734. The van der Waals surface area contributed by atoms with Crippen LogP contribution >= 0.6 is 34.3 Å². The fourth-order valence-electron chi connectivity index (χ4n) is 3.10. The molecule has 152 valence electrons. The Morgan fingerprint density at radius 1 is 1.29 bits per heavy atom. The van der Waals surface area contributed by atoms with E-state index in [2.05, 4.69) is 24.1 Å². The Hall–Kier alpha value is -1.44. The monoisotopic (exact) mass is 439 g/mol. The van der Waals surface area contributed by atoms with Crippen molar-refractivity contribution >= 4 is 46.1 Å². The highest BCUT2D eigenvalue weighted by atomic mass is 35.5. The Morgan fingerprint density at radius 3 is 2.61 bits per heavy atom. The van der Waals surface area contributed by atoms with Crippen LogP contribution < -0.4 is 5.32 Å². The first-order chi connectivity index (χ1) is 13.3. The molecule has 8 heteroatoms. The minimum Gasteiger partial charge on any atom is -0.353 e. The number of thiazole rings is 1. The van der Waals surface area contributed by atoms with Crippen LogP contribution in [-0.4, -0.2) is 40.8 Å². The van der Waals surface area contributed by atoms with Crippen molar-refractivity contribution in [3.8, 4) is 9.88 Å². The van der Waals surface area contributed by atoms with E-state index in [1.165, 1.54) is 22.7 Å². The second kappa shape index (κ2) is 9.37. The van der Waals surface area contributed by atoms with Crippen LogP contribution in [0.5, 0.6) is 0 Å². The van der Waals surface area contributed by atoms with E-state index in [1.807, 2.05) is 29.3 Å². The number of thiophene rings is 1. The maximum atomic E-state index is 12.6. The second-order valence-corrected chi connectivity index (χ2v) is 10.2. The summed E-state index contributed by atoms with van der Waals surface area (Å²) in [4.78, 5) is 32.5. The van der Waals surface area contributed by atoms with Gasteiger partial charge in [-0.1, -0.05) is 25.4 Å². The summed E-state index contributed by atoms with van der Waals surface area (Å²) in [6, 6.07) is 3.98. The Morgan fingerprint density at radius 2 is 2.00 bits per heavy atom. The van der Waals surface area contributed by atoms with Crippen LogP contribution in [0.2, 0.25) is 4.34 Å². The summed E-state index contributed by atoms with van der Waals surface area (Å²) >= 11 is 9.01. The van der Waals surface area contributed by atoms with Gasteiger partial charge in [-0.3, -0.25) is 9.59 Å². The van der Waals surface area contributed by atoms with Gasteiger partial charge < -0.3 is 10.2 Å². The van der Waals surface area contributed by atoms with Gasteiger partial charge in [0.25, 0.3) is 0 Å². The minimum absolute atomic E-state index is 0.000276. The predicted octanol–water partition coefficient (Wildman–Crippen LogP) is 4.47. The Labute approximate surface area is 179 Å². The lowest BCUT2D eigenvalue weighted by Crippen LogP contribution is -2.46. The number of rotatable bonds is 6. The number of nitrogens with zero attached hydrogens (tertiary/aromatic N) is 2. The highest BCUT2D eigenvalue weighted by Crippen LogP contribution is 2.33. The van der Waals surface area contributed by atoms with Gasteiger partial charge in [0.05, 0.1) is 21.3 Å². The van der Waals surface area contributed by atoms with Gasteiger partial charge in [-0.15, -0.1) is 22.7 Å². The van der Waals surface area contributed by atoms with Crippen molar-refractivity contribution in [2.24, 2.45) is 11.8 Å². The lowest BCUT2D eigenvalue weighted by Gasteiger charge is -2.32. The molecule has 0 aromatic carbocycles. The summed E-state index contributed by atoms with van der Waals surface area (Å²) in [5, 5.41) is 5.93. The van der Waals surface area contributed by atoms with Crippen LogP contribution in [0.1, 0.15) is 39.3 Å². The molecule has 1 unspecified atom stereocenters. The zero-order valence-electron chi connectivity index (χ0n) is 16.4. The molecule has 3 rings (SSSR count). The third kappa shape index (κ3) is 5.33. The zero-order valence-corrected chi connectivity index (χ0v) is 18.8. The molecule has 0 spiro atoms. The van der Waals surface area contributed by atoms with Gasteiger partial charge in [0, 0.05) is 30.4 Å². The van der Waals surface area contributed by atoms with Crippen LogP contribution in [0.25, 0.3) is 9.88 Å². The van der Waals surface area contributed by atoms with E-state index >= 15 is 0 Å². The minimum atomic E-state index is -0.000276. The fraction of sp³-hybridized carbons (Fsp3) is 0.550. The SMILES string of the molecule is CC(C)C(C)NC(=O)C1CCN(C(=O)Cc2csc(-c3ccc(Cl)s3)n2)CC1. The van der Waals surface area contributed by atoms with Crippen LogP contribution in [-0.2, 0) is 16.0 Å². The maximum absolute atomic E-state index is 12.6. The molecule has 1 aliphatic rings. The van der Waals surface area contributed by atoms with Gasteiger partial charge in [-0.2, -0.15) is 0 Å². The summed E-state index contributed by atoms with van der Waals surface area (Å²) in [5.41, 5.74) is 0.792. The topological polar surface area (TPSA) is 62.3 Å². The van der Waals surface area contributed by atoms with Crippen molar-refractivity contribution in [1.82, 2.24) is 15.2 Å². The first-order valence-corrected chi connectivity index (χ1v) is 11.7. The van der Waals surface area contributed by atoms with Gasteiger partial charge >= 0.3 is 0 Å². The molecule has 5 nitrogen and oxygen atoms in total. The summed E-state index contributed by atoms with van der Waals surface area (Å²) in [5.74, 6) is 0.612. The summed E-state index contributed by atoms with van der Waals surface area (Å²) in [6.45, 7) is 7.49. The standard InChI is InChI=1S/C20H26ClN3O2S2/c1-12(2)13(3)22-19(26)14-6-8-24(9-7-14)18(25)10-15-11-27-20(23-15)16-4-5-17(21)28-16/h4-5,11-14H,6-10H2,1-3H3,(H,22,26). The molecule has 1 atom stereocenters. The molecule has 1 fully saturated rings. The zero-order chi connectivity index (χ0) is 20.3. The Bertz CT molecular complexity index is 825. The highest BCUT2D eigenvalue weighted by molar-refractivity contribution is 7.23. The van der Waals surface area contributed by atoms with Crippen LogP contribution in [0.15, 0.2) is 17.5 Å². The van der Waals surface area contributed by atoms with Crippen LogP contribution in [0.4, 0.5) is 0 Å². The molecule has 0 radical (unpaired) electrons. The number of halogens is 1. The molecular formula is C20H26ClN3O2S2. The quantitative estimate of drug-likeness (QED) is 0.722. The number of carbonyl (C=O) groups excluding carboxylic acids is 2. The van der Waals surface area contributed by atoms with Crippen molar-refractivity contribution in [2.45, 2.75) is 46.1 Å². The summed E-state index contributed by atoms with van der Waals surface area (Å²) in [7, 11) is 0. The lowest BCUT2D eigenvalue weighted by molar-refractivity contribution is -0.135.